The molecule has 1 aromatic heterocycles. The monoisotopic (exact) mass is 212 g/mol. The molecule has 0 radical (unpaired) electrons. The molecule has 4 heteroatoms. The Bertz CT molecular complexity index is 335. The van der Waals surface area contributed by atoms with Gasteiger partial charge in [0, 0.05) is 37.3 Å². The normalized spacial score (nSPS) is 25.1. The first-order valence-corrected chi connectivity index (χ1v) is 5.11. The Morgan fingerprint density at radius 1 is 1.47 bits per heavy atom. The van der Waals surface area contributed by atoms with E-state index in [1.54, 1.807) is 6.20 Å². The maximum absolute atomic E-state index is 13.2. The number of aryl methyl sites for hydroxylation is 1. The number of piperidine rings is 1. The van der Waals surface area contributed by atoms with Gasteiger partial charge in [0.1, 0.15) is 0 Å². The number of aromatic nitrogens is 1. The van der Waals surface area contributed by atoms with Crippen molar-refractivity contribution < 1.29 is 8.78 Å². The van der Waals surface area contributed by atoms with Crippen LogP contribution in [0.3, 0.4) is 0 Å². The minimum absolute atomic E-state index is 0.0667. The van der Waals surface area contributed by atoms with Crippen LogP contribution in [0.4, 0.5) is 8.78 Å². The zero-order valence-corrected chi connectivity index (χ0v) is 8.63. The number of rotatable bonds is 1. The van der Waals surface area contributed by atoms with Gasteiger partial charge < -0.3 is 5.32 Å². The molecule has 1 fully saturated rings. The molecule has 0 bridgehead atoms. The quantitative estimate of drug-likeness (QED) is 0.773. The molecule has 0 aromatic carbocycles. The molecule has 2 rings (SSSR count). The van der Waals surface area contributed by atoms with Gasteiger partial charge in [-0.05, 0) is 18.6 Å². The highest BCUT2D eigenvalue weighted by atomic mass is 19.3. The highest BCUT2D eigenvalue weighted by molar-refractivity contribution is 5.18. The van der Waals surface area contributed by atoms with Crippen molar-refractivity contribution in [1.82, 2.24) is 10.3 Å². The van der Waals surface area contributed by atoms with Crippen molar-refractivity contribution in [2.24, 2.45) is 0 Å². The summed E-state index contributed by atoms with van der Waals surface area (Å²) in [5.74, 6) is -2.54. The van der Waals surface area contributed by atoms with Crippen LogP contribution in [0.1, 0.15) is 30.1 Å². The van der Waals surface area contributed by atoms with Crippen molar-refractivity contribution in [1.29, 1.82) is 0 Å². The summed E-state index contributed by atoms with van der Waals surface area (Å²) < 4.78 is 26.3. The van der Waals surface area contributed by atoms with Crippen LogP contribution in [0.15, 0.2) is 18.3 Å². The van der Waals surface area contributed by atoms with E-state index in [4.69, 9.17) is 0 Å². The van der Waals surface area contributed by atoms with Gasteiger partial charge >= 0.3 is 0 Å². The lowest BCUT2D eigenvalue weighted by Crippen LogP contribution is -2.38. The van der Waals surface area contributed by atoms with Crippen molar-refractivity contribution in [2.75, 3.05) is 6.54 Å². The lowest BCUT2D eigenvalue weighted by molar-refractivity contribution is -0.0415. The standard InChI is InChI=1S/C11H14F2N2/c1-8-2-3-9(7-15-8)10-6-11(12,13)4-5-14-10/h2-3,7,10,14H,4-6H2,1H3/t10-/m0/s1. The molecule has 1 atom stereocenters. The second-order valence-corrected chi connectivity index (χ2v) is 4.05. The molecule has 1 aromatic rings. The summed E-state index contributed by atoms with van der Waals surface area (Å²) in [5, 5.41) is 3.09. The van der Waals surface area contributed by atoms with Crippen LogP contribution in [0.25, 0.3) is 0 Å². The van der Waals surface area contributed by atoms with Crippen molar-refractivity contribution in [3.63, 3.8) is 0 Å². The van der Waals surface area contributed by atoms with Gasteiger partial charge in [0.15, 0.2) is 0 Å². The average molecular weight is 212 g/mol. The Kier molecular flexibility index (Phi) is 2.69. The first-order valence-electron chi connectivity index (χ1n) is 5.11. The first kappa shape index (κ1) is 10.5. The number of nitrogens with one attached hydrogen (secondary N) is 1. The molecule has 1 saturated heterocycles. The average Bonchev–Trinajstić information content (AvgIpc) is 2.17. The van der Waals surface area contributed by atoms with Crippen LogP contribution < -0.4 is 5.32 Å². The predicted octanol–water partition coefficient (Wildman–Crippen LogP) is 2.45. The van der Waals surface area contributed by atoms with Gasteiger partial charge in [-0.15, -0.1) is 0 Å². The molecule has 82 valence electrons. The highest BCUT2D eigenvalue weighted by Gasteiger charge is 2.36. The third-order valence-corrected chi connectivity index (χ3v) is 2.72. The van der Waals surface area contributed by atoms with Gasteiger partial charge in [-0.1, -0.05) is 6.07 Å². The Labute approximate surface area is 87.7 Å². The molecule has 1 aliphatic rings. The molecule has 0 aliphatic carbocycles. The van der Waals surface area contributed by atoms with E-state index in [1.807, 2.05) is 19.1 Å². The van der Waals surface area contributed by atoms with E-state index in [-0.39, 0.29) is 18.9 Å². The molecule has 1 N–H and O–H groups in total. The highest BCUT2D eigenvalue weighted by Crippen LogP contribution is 2.34. The second-order valence-electron chi connectivity index (χ2n) is 4.05. The van der Waals surface area contributed by atoms with Gasteiger partial charge in [0.2, 0.25) is 0 Å². The molecular formula is C11H14F2N2. The van der Waals surface area contributed by atoms with Crippen LogP contribution in [0.2, 0.25) is 0 Å². The van der Waals surface area contributed by atoms with E-state index in [9.17, 15) is 8.78 Å². The van der Waals surface area contributed by atoms with Crippen LogP contribution in [-0.2, 0) is 0 Å². The second kappa shape index (κ2) is 3.85. The molecule has 0 unspecified atom stereocenters. The molecule has 0 saturated carbocycles. The van der Waals surface area contributed by atoms with E-state index < -0.39 is 5.92 Å². The Morgan fingerprint density at radius 3 is 2.87 bits per heavy atom. The molecule has 0 amide bonds. The maximum Gasteiger partial charge on any atom is 0.251 e. The van der Waals surface area contributed by atoms with Crippen molar-refractivity contribution in [2.45, 2.75) is 31.7 Å². The smallest absolute Gasteiger partial charge is 0.251 e. The topological polar surface area (TPSA) is 24.9 Å². The molecule has 2 heterocycles. The fraction of sp³-hybridized carbons (Fsp3) is 0.545. The van der Waals surface area contributed by atoms with Gasteiger partial charge in [-0.3, -0.25) is 4.98 Å². The van der Waals surface area contributed by atoms with E-state index in [2.05, 4.69) is 10.3 Å². The summed E-state index contributed by atoms with van der Waals surface area (Å²) in [6.07, 6.45) is 1.48. The molecule has 0 spiro atoms. The Morgan fingerprint density at radius 2 is 2.27 bits per heavy atom. The summed E-state index contributed by atoms with van der Waals surface area (Å²) in [5.41, 5.74) is 1.75. The van der Waals surface area contributed by atoms with Crippen molar-refractivity contribution >= 4 is 0 Å². The lowest BCUT2D eigenvalue weighted by Gasteiger charge is -2.30. The van der Waals surface area contributed by atoms with Gasteiger partial charge in [0.25, 0.3) is 5.92 Å². The van der Waals surface area contributed by atoms with Crippen molar-refractivity contribution in [3.05, 3.63) is 29.6 Å². The fourth-order valence-corrected chi connectivity index (χ4v) is 1.82. The fourth-order valence-electron chi connectivity index (χ4n) is 1.82. The van der Waals surface area contributed by atoms with E-state index in [0.29, 0.717) is 6.54 Å². The largest absolute Gasteiger partial charge is 0.309 e. The number of halogens is 2. The summed E-state index contributed by atoms with van der Waals surface area (Å²) in [4.78, 5) is 4.12. The van der Waals surface area contributed by atoms with E-state index in [1.165, 1.54) is 0 Å². The predicted molar refractivity (Wildman–Crippen MR) is 53.9 cm³/mol. The molecule has 1 aliphatic heterocycles. The summed E-state index contributed by atoms with van der Waals surface area (Å²) >= 11 is 0. The van der Waals surface area contributed by atoms with Gasteiger partial charge in [0.05, 0.1) is 0 Å². The summed E-state index contributed by atoms with van der Waals surface area (Å²) in [6.45, 7) is 2.25. The molecule has 15 heavy (non-hydrogen) atoms. The number of hydrogen-bond acceptors (Lipinski definition) is 2. The van der Waals surface area contributed by atoms with Gasteiger partial charge in [-0.2, -0.15) is 0 Å². The van der Waals surface area contributed by atoms with Crippen molar-refractivity contribution in [3.8, 4) is 0 Å². The molecule has 2 nitrogen and oxygen atoms in total. The minimum atomic E-state index is -2.54. The minimum Gasteiger partial charge on any atom is -0.309 e. The first-order chi connectivity index (χ1) is 7.07. The van der Waals surface area contributed by atoms with Crippen LogP contribution in [-0.4, -0.2) is 17.5 Å². The Hall–Kier alpha value is -1.03. The third-order valence-electron chi connectivity index (χ3n) is 2.72. The number of hydrogen-bond donors (Lipinski definition) is 1. The Balaban J connectivity index is 2.13. The number of nitrogens with zero attached hydrogens (tertiary/aromatic N) is 1. The number of alkyl halides is 2. The number of pyridine rings is 1. The molecular weight excluding hydrogens is 198 g/mol. The van der Waals surface area contributed by atoms with Crippen LogP contribution in [0.5, 0.6) is 0 Å². The zero-order valence-electron chi connectivity index (χ0n) is 8.63. The van der Waals surface area contributed by atoms with E-state index in [0.717, 1.165) is 11.3 Å². The SMILES string of the molecule is Cc1ccc([C@@H]2CC(F)(F)CCN2)cn1. The maximum atomic E-state index is 13.2. The van der Waals surface area contributed by atoms with Crippen LogP contribution in [0, 0.1) is 6.92 Å². The van der Waals surface area contributed by atoms with Gasteiger partial charge in [-0.25, -0.2) is 8.78 Å². The summed E-state index contributed by atoms with van der Waals surface area (Å²) in [7, 11) is 0. The lowest BCUT2D eigenvalue weighted by atomic mass is 9.96. The van der Waals surface area contributed by atoms with Crippen LogP contribution >= 0.6 is 0 Å². The summed E-state index contributed by atoms with van der Waals surface area (Å²) in [6, 6.07) is 3.45. The van der Waals surface area contributed by atoms with E-state index >= 15 is 0 Å². The third kappa shape index (κ3) is 2.50. The zero-order chi connectivity index (χ0) is 10.9.